The molecule has 0 aliphatic heterocycles. The molecule has 88 valence electrons. The molecule has 2 aromatic heterocycles. The zero-order valence-corrected chi connectivity index (χ0v) is 8.95. The quantitative estimate of drug-likeness (QED) is 0.744. The maximum Gasteiger partial charge on any atom is 0.361 e. The van der Waals surface area contributed by atoms with Crippen LogP contribution in [0.2, 0.25) is 0 Å². The molecule has 8 nitrogen and oxygen atoms in total. The number of hydrogen-bond acceptors (Lipinski definition) is 8. The van der Waals surface area contributed by atoms with E-state index in [0.29, 0.717) is 5.89 Å². The highest BCUT2D eigenvalue weighted by Gasteiger charge is 2.15. The zero-order valence-electron chi connectivity index (χ0n) is 8.95. The molecule has 0 saturated carbocycles. The molecule has 0 aromatic carbocycles. The summed E-state index contributed by atoms with van der Waals surface area (Å²) in [4.78, 5) is 19.0. The van der Waals surface area contributed by atoms with Gasteiger partial charge in [-0.25, -0.2) is 14.8 Å². The van der Waals surface area contributed by atoms with E-state index in [0.717, 1.165) is 0 Å². The molecule has 0 bridgehead atoms. The molecule has 2 rings (SSSR count). The average Bonchev–Trinajstić information content (AvgIpc) is 2.73. The van der Waals surface area contributed by atoms with Crippen molar-refractivity contribution in [3.8, 4) is 0 Å². The summed E-state index contributed by atoms with van der Waals surface area (Å²) >= 11 is 0. The Kier molecular flexibility index (Phi) is 2.95. The van der Waals surface area contributed by atoms with E-state index in [1.165, 1.54) is 12.4 Å². The number of carbonyl (C=O) groups is 1. The van der Waals surface area contributed by atoms with E-state index in [9.17, 15) is 4.79 Å². The molecule has 2 heterocycles. The third-order valence-electron chi connectivity index (χ3n) is 1.81. The highest BCUT2D eigenvalue weighted by atomic mass is 16.5. The van der Waals surface area contributed by atoms with E-state index >= 15 is 0 Å². The summed E-state index contributed by atoms with van der Waals surface area (Å²) in [7, 11) is 0. The van der Waals surface area contributed by atoms with Crippen LogP contribution in [0.3, 0.4) is 0 Å². The number of aromatic nitrogens is 4. The number of nitrogens with zero attached hydrogens (tertiary/aromatic N) is 4. The fourth-order valence-electron chi connectivity index (χ4n) is 1.10. The van der Waals surface area contributed by atoms with Gasteiger partial charge >= 0.3 is 5.97 Å². The van der Waals surface area contributed by atoms with Gasteiger partial charge in [0.2, 0.25) is 5.89 Å². The van der Waals surface area contributed by atoms with Crippen molar-refractivity contribution < 1.29 is 13.9 Å². The Morgan fingerprint density at radius 2 is 2.18 bits per heavy atom. The second-order valence-corrected chi connectivity index (χ2v) is 3.08. The van der Waals surface area contributed by atoms with Crippen molar-refractivity contribution in [1.29, 1.82) is 0 Å². The molecule has 0 fully saturated rings. The van der Waals surface area contributed by atoms with Crippen LogP contribution in [-0.2, 0) is 11.3 Å². The lowest BCUT2D eigenvalue weighted by Gasteiger charge is -2.02. The number of hydrogen-bond donors (Lipinski definition) is 1. The highest BCUT2D eigenvalue weighted by Crippen LogP contribution is 2.07. The lowest BCUT2D eigenvalue weighted by atomic mass is 10.4. The van der Waals surface area contributed by atoms with Crippen LogP contribution >= 0.6 is 0 Å². The van der Waals surface area contributed by atoms with E-state index in [1.54, 1.807) is 6.92 Å². The van der Waals surface area contributed by atoms with E-state index < -0.39 is 5.97 Å². The van der Waals surface area contributed by atoms with Crippen LogP contribution < -0.4 is 5.73 Å². The van der Waals surface area contributed by atoms with Gasteiger partial charge in [-0.05, 0) is 0 Å². The molecular formula is C9H9N5O3. The predicted octanol–water partition coefficient (Wildman–Crippen LogP) is 0.107. The molecule has 0 aliphatic carbocycles. The summed E-state index contributed by atoms with van der Waals surface area (Å²) < 4.78 is 9.92. The van der Waals surface area contributed by atoms with Crippen molar-refractivity contribution in [2.45, 2.75) is 13.5 Å². The number of ether oxygens (including phenoxy) is 1. The molecule has 0 atom stereocenters. The van der Waals surface area contributed by atoms with Crippen LogP contribution in [0.15, 0.2) is 16.8 Å². The summed E-state index contributed by atoms with van der Waals surface area (Å²) in [5, 5.41) is 7.27. The van der Waals surface area contributed by atoms with Crippen LogP contribution in [-0.4, -0.2) is 26.1 Å². The summed E-state index contributed by atoms with van der Waals surface area (Å²) in [5.41, 5.74) is 5.43. The van der Waals surface area contributed by atoms with Gasteiger partial charge in [-0.2, -0.15) is 0 Å². The first-order valence-electron chi connectivity index (χ1n) is 4.69. The normalized spacial score (nSPS) is 10.2. The summed E-state index contributed by atoms with van der Waals surface area (Å²) in [6.45, 7) is 1.51. The number of nitrogen functional groups attached to an aromatic ring is 1. The molecule has 0 unspecified atom stereocenters. The Hall–Kier alpha value is -2.51. The Balaban J connectivity index is 2.01. The Morgan fingerprint density at radius 3 is 2.82 bits per heavy atom. The van der Waals surface area contributed by atoms with Crippen molar-refractivity contribution in [2.75, 3.05) is 5.73 Å². The second-order valence-electron chi connectivity index (χ2n) is 3.08. The van der Waals surface area contributed by atoms with Crippen molar-refractivity contribution in [2.24, 2.45) is 0 Å². The van der Waals surface area contributed by atoms with Crippen LogP contribution in [0.25, 0.3) is 0 Å². The van der Waals surface area contributed by atoms with Gasteiger partial charge < -0.3 is 14.9 Å². The van der Waals surface area contributed by atoms with Crippen LogP contribution in [0, 0.1) is 6.92 Å². The van der Waals surface area contributed by atoms with Gasteiger partial charge in [0, 0.05) is 19.3 Å². The molecule has 17 heavy (non-hydrogen) atoms. The monoisotopic (exact) mass is 235 g/mol. The molecular weight excluding hydrogens is 226 g/mol. The minimum atomic E-state index is -0.688. The summed E-state index contributed by atoms with van der Waals surface area (Å²) in [6.07, 6.45) is 2.73. The van der Waals surface area contributed by atoms with Gasteiger partial charge in [0.1, 0.15) is 0 Å². The van der Waals surface area contributed by atoms with Crippen molar-refractivity contribution in [3.05, 3.63) is 29.9 Å². The SMILES string of the molecule is Cc1nnc(COC(=O)c2nccnc2N)o1. The third-order valence-corrected chi connectivity index (χ3v) is 1.81. The zero-order chi connectivity index (χ0) is 12.3. The molecule has 2 N–H and O–H groups in total. The van der Waals surface area contributed by atoms with Crippen molar-refractivity contribution in [1.82, 2.24) is 20.2 Å². The summed E-state index contributed by atoms with van der Waals surface area (Å²) in [5.74, 6) is -0.0703. The number of anilines is 1. The van der Waals surface area contributed by atoms with Gasteiger partial charge in [-0.3, -0.25) is 0 Å². The highest BCUT2D eigenvalue weighted by molar-refractivity contribution is 5.91. The molecule has 0 saturated heterocycles. The maximum absolute atomic E-state index is 11.6. The molecule has 0 radical (unpaired) electrons. The van der Waals surface area contributed by atoms with Gasteiger partial charge in [0.05, 0.1) is 0 Å². The number of rotatable bonds is 3. The number of aryl methyl sites for hydroxylation is 1. The van der Waals surface area contributed by atoms with E-state index in [1.807, 2.05) is 0 Å². The van der Waals surface area contributed by atoms with Gasteiger partial charge in [0.15, 0.2) is 18.1 Å². The summed E-state index contributed by atoms with van der Waals surface area (Å²) in [6, 6.07) is 0. The Labute approximate surface area is 95.8 Å². The second kappa shape index (κ2) is 4.56. The van der Waals surface area contributed by atoms with Crippen LogP contribution in [0.1, 0.15) is 22.3 Å². The lowest BCUT2D eigenvalue weighted by Crippen LogP contribution is -2.11. The first kappa shape index (κ1) is 11.0. The first-order chi connectivity index (χ1) is 8.16. The first-order valence-corrected chi connectivity index (χ1v) is 4.69. The van der Waals surface area contributed by atoms with E-state index in [-0.39, 0.29) is 24.0 Å². The van der Waals surface area contributed by atoms with Gasteiger partial charge in [0.25, 0.3) is 5.89 Å². The third kappa shape index (κ3) is 2.54. The fourth-order valence-corrected chi connectivity index (χ4v) is 1.10. The Bertz CT molecular complexity index is 539. The number of carbonyl (C=O) groups excluding carboxylic acids is 1. The topological polar surface area (TPSA) is 117 Å². The van der Waals surface area contributed by atoms with Crippen LogP contribution in [0.4, 0.5) is 5.82 Å². The molecule has 0 aliphatic rings. The minimum Gasteiger partial charge on any atom is -0.451 e. The Morgan fingerprint density at radius 1 is 1.41 bits per heavy atom. The van der Waals surface area contributed by atoms with Gasteiger partial charge in [-0.15, -0.1) is 10.2 Å². The molecule has 0 amide bonds. The predicted molar refractivity (Wildman–Crippen MR) is 54.6 cm³/mol. The standard InChI is InChI=1S/C9H9N5O3/c1-5-13-14-6(17-5)4-16-9(15)7-8(10)12-3-2-11-7/h2-3H,4H2,1H3,(H2,10,12). The number of nitrogens with two attached hydrogens (primary N) is 1. The largest absolute Gasteiger partial charge is 0.451 e. The van der Waals surface area contributed by atoms with Crippen LogP contribution in [0.5, 0.6) is 0 Å². The molecule has 8 heteroatoms. The maximum atomic E-state index is 11.6. The van der Waals surface area contributed by atoms with Crippen molar-refractivity contribution >= 4 is 11.8 Å². The van der Waals surface area contributed by atoms with E-state index in [2.05, 4.69) is 20.2 Å². The lowest BCUT2D eigenvalue weighted by molar-refractivity contribution is 0.0431. The fraction of sp³-hybridized carbons (Fsp3) is 0.222. The average molecular weight is 235 g/mol. The van der Waals surface area contributed by atoms with Gasteiger partial charge in [-0.1, -0.05) is 0 Å². The minimum absolute atomic E-state index is 0.0132. The molecule has 2 aromatic rings. The van der Waals surface area contributed by atoms with E-state index in [4.69, 9.17) is 14.9 Å². The smallest absolute Gasteiger partial charge is 0.361 e. The molecule has 0 spiro atoms. The van der Waals surface area contributed by atoms with Crippen molar-refractivity contribution in [3.63, 3.8) is 0 Å². The number of esters is 1.